The lowest BCUT2D eigenvalue weighted by Crippen LogP contribution is -1.97. The number of rotatable bonds is 2. The van der Waals surface area contributed by atoms with E-state index < -0.39 is 17.0 Å². The van der Waals surface area contributed by atoms with Crippen LogP contribution in [0.15, 0.2) is 36.4 Å². The van der Waals surface area contributed by atoms with Crippen molar-refractivity contribution in [3.63, 3.8) is 0 Å². The summed E-state index contributed by atoms with van der Waals surface area (Å²) < 4.78 is 26.2. The normalized spacial score (nSPS) is 12.5. The fourth-order valence-electron chi connectivity index (χ4n) is 1.74. The van der Waals surface area contributed by atoms with Gasteiger partial charge in [0.2, 0.25) is 0 Å². The van der Waals surface area contributed by atoms with E-state index in [9.17, 15) is 8.78 Å². The van der Waals surface area contributed by atoms with Crippen molar-refractivity contribution in [3.8, 4) is 0 Å². The van der Waals surface area contributed by atoms with Gasteiger partial charge in [0.25, 0.3) is 0 Å². The Labute approximate surface area is 114 Å². The first kappa shape index (κ1) is 13.3. The maximum Gasteiger partial charge on any atom is 0.160 e. The van der Waals surface area contributed by atoms with E-state index in [2.05, 4.69) is 0 Å². The monoisotopic (exact) mass is 286 g/mol. The number of hydrogen-bond acceptors (Lipinski definition) is 0. The molecule has 2 aromatic carbocycles. The minimum absolute atomic E-state index is 0.121. The lowest BCUT2D eigenvalue weighted by Gasteiger charge is -2.13. The summed E-state index contributed by atoms with van der Waals surface area (Å²) in [5.41, 5.74) is 2.20. The largest absolute Gasteiger partial charge is 0.204 e. The van der Waals surface area contributed by atoms with E-state index in [1.165, 1.54) is 0 Å². The van der Waals surface area contributed by atoms with E-state index >= 15 is 0 Å². The molecule has 0 aromatic heterocycles. The van der Waals surface area contributed by atoms with Crippen molar-refractivity contribution >= 4 is 23.2 Å². The van der Waals surface area contributed by atoms with E-state index in [-0.39, 0.29) is 5.02 Å². The molecular weight excluding hydrogens is 277 g/mol. The molecule has 0 aliphatic carbocycles. The minimum Gasteiger partial charge on any atom is -0.204 e. The van der Waals surface area contributed by atoms with Gasteiger partial charge in [0.1, 0.15) is 0 Å². The molecule has 0 amide bonds. The van der Waals surface area contributed by atoms with Gasteiger partial charge in [0.15, 0.2) is 11.6 Å². The molecule has 0 saturated heterocycles. The Morgan fingerprint density at radius 3 is 2.39 bits per heavy atom. The van der Waals surface area contributed by atoms with E-state index in [1.54, 1.807) is 0 Å². The first-order chi connectivity index (χ1) is 8.49. The average molecular weight is 287 g/mol. The quantitative estimate of drug-likeness (QED) is 0.522. The van der Waals surface area contributed by atoms with Crippen molar-refractivity contribution in [3.05, 3.63) is 69.7 Å². The van der Waals surface area contributed by atoms with Gasteiger partial charge in [-0.2, -0.15) is 0 Å². The van der Waals surface area contributed by atoms with Crippen LogP contribution in [-0.2, 0) is 0 Å². The molecule has 0 aliphatic rings. The Hall–Kier alpha value is -1.12. The van der Waals surface area contributed by atoms with Crippen molar-refractivity contribution in [2.75, 3.05) is 0 Å². The lowest BCUT2D eigenvalue weighted by atomic mass is 10.0. The Balaban J connectivity index is 2.46. The number of benzene rings is 2. The van der Waals surface area contributed by atoms with Crippen molar-refractivity contribution in [1.82, 2.24) is 0 Å². The van der Waals surface area contributed by atoms with Crippen LogP contribution in [0.1, 0.15) is 22.1 Å². The minimum atomic E-state index is -0.975. The van der Waals surface area contributed by atoms with Crippen LogP contribution in [0, 0.1) is 18.6 Å². The zero-order chi connectivity index (χ0) is 13.3. The number of alkyl halides is 1. The highest BCUT2D eigenvalue weighted by atomic mass is 35.5. The molecule has 0 aliphatic heterocycles. The third-order valence-electron chi connectivity index (χ3n) is 2.65. The first-order valence-corrected chi connectivity index (χ1v) is 6.15. The van der Waals surface area contributed by atoms with Crippen LogP contribution in [0.4, 0.5) is 8.78 Å². The summed E-state index contributed by atoms with van der Waals surface area (Å²) in [4.78, 5) is 0. The van der Waals surface area contributed by atoms with Gasteiger partial charge in [-0.3, -0.25) is 0 Å². The van der Waals surface area contributed by atoms with Gasteiger partial charge >= 0.3 is 0 Å². The van der Waals surface area contributed by atoms with Gasteiger partial charge in [-0.25, -0.2) is 8.78 Å². The molecule has 1 unspecified atom stereocenters. The van der Waals surface area contributed by atoms with Crippen LogP contribution in [0.25, 0.3) is 0 Å². The van der Waals surface area contributed by atoms with Crippen molar-refractivity contribution in [2.24, 2.45) is 0 Å². The smallest absolute Gasteiger partial charge is 0.160 e. The molecule has 0 spiro atoms. The third-order valence-corrected chi connectivity index (χ3v) is 3.46. The molecule has 0 fully saturated rings. The maximum atomic E-state index is 13.2. The second kappa shape index (κ2) is 5.25. The van der Waals surface area contributed by atoms with Gasteiger partial charge < -0.3 is 0 Å². The fourth-order valence-corrected chi connectivity index (χ4v) is 2.37. The van der Waals surface area contributed by atoms with Crippen LogP contribution in [0.5, 0.6) is 0 Å². The molecule has 0 radical (unpaired) electrons. The summed E-state index contributed by atoms with van der Waals surface area (Å²) in [6.45, 7) is 1.93. The van der Waals surface area contributed by atoms with E-state index in [0.717, 1.165) is 23.3 Å². The molecular formula is C14H10Cl2F2. The maximum absolute atomic E-state index is 13.2. The zero-order valence-corrected chi connectivity index (χ0v) is 11.1. The molecule has 1 atom stereocenters. The topological polar surface area (TPSA) is 0 Å². The van der Waals surface area contributed by atoms with Gasteiger partial charge in [-0.1, -0.05) is 41.4 Å². The molecule has 4 heteroatoms. The van der Waals surface area contributed by atoms with Crippen molar-refractivity contribution < 1.29 is 8.78 Å². The SMILES string of the molecule is Cc1cccc(C(Cl)c2cc(F)c(F)cc2Cl)c1. The van der Waals surface area contributed by atoms with Crippen LogP contribution in [0.2, 0.25) is 5.02 Å². The van der Waals surface area contributed by atoms with Crippen molar-refractivity contribution in [2.45, 2.75) is 12.3 Å². The third kappa shape index (κ3) is 2.65. The second-order valence-corrected chi connectivity index (χ2v) is 4.91. The lowest BCUT2D eigenvalue weighted by molar-refractivity contribution is 0.507. The predicted octanol–water partition coefficient (Wildman–Crippen LogP) is 5.25. The summed E-state index contributed by atoms with van der Waals surface area (Å²) >= 11 is 12.2. The molecule has 2 rings (SSSR count). The Bertz CT molecular complexity index is 582. The summed E-state index contributed by atoms with van der Waals surface area (Å²) in [6.07, 6.45) is 0. The standard InChI is InChI=1S/C14H10Cl2F2/c1-8-3-2-4-9(5-8)14(16)10-6-12(17)13(18)7-11(10)15/h2-7,14H,1H3. The Kier molecular flexibility index (Phi) is 3.88. The van der Waals surface area contributed by atoms with Crippen LogP contribution >= 0.6 is 23.2 Å². The molecule has 0 N–H and O–H groups in total. The van der Waals surface area contributed by atoms with Crippen molar-refractivity contribution in [1.29, 1.82) is 0 Å². The molecule has 94 valence electrons. The number of halogens is 4. The molecule has 0 nitrogen and oxygen atoms in total. The second-order valence-electron chi connectivity index (χ2n) is 4.06. The van der Waals surface area contributed by atoms with Gasteiger partial charge in [-0.15, -0.1) is 11.6 Å². The fraction of sp³-hybridized carbons (Fsp3) is 0.143. The van der Waals surface area contributed by atoms with Crippen LogP contribution in [-0.4, -0.2) is 0 Å². The van der Waals surface area contributed by atoms with E-state index in [0.29, 0.717) is 5.56 Å². The molecule has 0 heterocycles. The highest BCUT2D eigenvalue weighted by Crippen LogP contribution is 2.34. The van der Waals surface area contributed by atoms with Crippen LogP contribution in [0.3, 0.4) is 0 Å². The summed E-state index contributed by atoms with van der Waals surface area (Å²) in [6, 6.07) is 9.47. The average Bonchev–Trinajstić information content (AvgIpc) is 2.33. The highest BCUT2D eigenvalue weighted by Gasteiger charge is 2.17. The first-order valence-electron chi connectivity index (χ1n) is 5.34. The summed E-state index contributed by atoms with van der Waals surface area (Å²) in [5.74, 6) is -1.93. The van der Waals surface area contributed by atoms with E-state index in [4.69, 9.17) is 23.2 Å². The van der Waals surface area contributed by atoms with Gasteiger partial charge in [-0.05, 0) is 30.2 Å². The van der Waals surface area contributed by atoms with Crippen LogP contribution < -0.4 is 0 Å². The number of hydrogen-bond donors (Lipinski definition) is 0. The molecule has 0 saturated carbocycles. The molecule has 0 bridgehead atoms. The van der Waals surface area contributed by atoms with E-state index in [1.807, 2.05) is 31.2 Å². The Morgan fingerprint density at radius 2 is 1.72 bits per heavy atom. The Morgan fingerprint density at radius 1 is 1.06 bits per heavy atom. The molecule has 2 aromatic rings. The molecule has 18 heavy (non-hydrogen) atoms. The van der Waals surface area contributed by atoms with Gasteiger partial charge in [0, 0.05) is 5.02 Å². The predicted molar refractivity (Wildman–Crippen MR) is 70.2 cm³/mol. The number of aryl methyl sites for hydroxylation is 1. The summed E-state index contributed by atoms with van der Waals surface area (Å²) in [7, 11) is 0. The summed E-state index contributed by atoms with van der Waals surface area (Å²) in [5, 5.41) is -0.483. The van der Waals surface area contributed by atoms with Gasteiger partial charge in [0.05, 0.1) is 5.38 Å². The highest BCUT2D eigenvalue weighted by molar-refractivity contribution is 6.33. The zero-order valence-electron chi connectivity index (χ0n) is 9.55.